The van der Waals surface area contributed by atoms with Crippen molar-refractivity contribution >= 4 is 29.2 Å². The van der Waals surface area contributed by atoms with Crippen molar-refractivity contribution in [2.75, 3.05) is 30.3 Å². The van der Waals surface area contributed by atoms with Gasteiger partial charge in [-0.25, -0.2) is 4.79 Å². The Morgan fingerprint density at radius 1 is 0.635 bits per heavy atom. The summed E-state index contributed by atoms with van der Waals surface area (Å²) < 4.78 is 11.8. The number of para-hydroxylation sites is 2. The lowest BCUT2D eigenvalue weighted by atomic mass is 9.95. The van der Waals surface area contributed by atoms with E-state index < -0.39 is 5.97 Å². The highest BCUT2D eigenvalue weighted by atomic mass is 16.5. The Labute approximate surface area is 303 Å². The molecular weight excluding hydrogens is 656 g/mol. The van der Waals surface area contributed by atoms with Crippen LogP contribution in [0, 0.1) is 0 Å². The molecule has 10 heteroatoms. The highest BCUT2D eigenvalue weighted by Crippen LogP contribution is 2.25. The van der Waals surface area contributed by atoms with Gasteiger partial charge in [0.2, 0.25) is 11.8 Å². The van der Waals surface area contributed by atoms with Gasteiger partial charge in [-0.3, -0.25) is 14.5 Å². The molecule has 0 aromatic heterocycles. The first-order valence-corrected chi connectivity index (χ1v) is 17.4. The minimum Gasteiger partial charge on any atom is -0.478 e. The number of carboxylic acids is 1. The lowest BCUT2D eigenvalue weighted by Crippen LogP contribution is -2.54. The molecule has 2 amide bonds. The molecule has 266 valence electrons. The van der Waals surface area contributed by atoms with Crippen LogP contribution >= 0.6 is 0 Å². The third-order valence-corrected chi connectivity index (χ3v) is 8.85. The summed E-state index contributed by atoms with van der Waals surface area (Å²) in [7, 11) is 0. The van der Waals surface area contributed by atoms with Gasteiger partial charge in [0.15, 0.2) is 0 Å². The summed E-state index contributed by atoms with van der Waals surface area (Å²) in [6.07, 6.45) is 3.28. The van der Waals surface area contributed by atoms with Crippen molar-refractivity contribution in [3.05, 3.63) is 145 Å². The van der Waals surface area contributed by atoms with Crippen molar-refractivity contribution in [2.24, 2.45) is 0 Å². The minimum atomic E-state index is -0.975. The average molecular weight is 699 g/mol. The van der Waals surface area contributed by atoms with Gasteiger partial charge in [0, 0.05) is 23.5 Å². The first kappa shape index (κ1) is 35.8. The Kier molecular flexibility index (Phi) is 12.3. The maximum absolute atomic E-state index is 13.6. The monoisotopic (exact) mass is 698 g/mol. The molecule has 1 fully saturated rings. The van der Waals surface area contributed by atoms with Crippen LogP contribution in [0.5, 0.6) is 23.0 Å². The molecule has 2 atom stereocenters. The lowest BCUT2D eigenvalue weighted by molar-refractivity contribution is -0.121. The number of hydrogen-bond donors (Lipinski definition) is 4. The second kappa shape index (κ2) is 17.8. The number of ether oxygens (including phenoxy) is 2. The fourth-order valence-electron chi connectivity index (χ4n) is 6.31. The fourth-order valence-corrected chi connectivity index (χ4v) is 6.31. The van der Waals surface area contributed by atoms with E-state index in [1.165, 1.54) is 0 Å². The number of benzene rings is 5. The Balaban J connectivity index is 1.16. The lowest BCUT2D eigenvalue weighted by Gasteiger charge is -2.36. The Bertz CT molecular complexity index is 1800. The van der Waals surface area contributed by atoms with Crippen molar-refractivity contribution in [3.63, 3.8) is 0 Å². The standard InChI is InChI=1S/C42H42N4O6/c47-40(44-32-18-22-36(23-19-32)51-34-9-3-1-4-10-34)28-46(29-41(48)45-33-20-24-37(25-21-33)52-35-11-5-2-6-12-35)39-13-7-8-26-43-38(39)27-30-14-16-31(17-15-30)42(49)50/h1-6,9-12,14-25,38-39,43H,7-8,13,26-29H2,(H,44,47)(H,45,48)(H,49,50). The fraction of sp³-hybridized carbons (Fsp3) is 0.214. The van der Waals surface area contributed by atoms with Crippen LogP contribution in [0.4, 0.5) is 11.4 Å². The quantitative estimate of drug-likeness (QED) is 0.0934. The summed E-state index contributed by atoms with van der Waals surface area (Å²) >= 11 is 0. The molecule has 10 nitrogen and oxygen atoms in total. The van der Waals surface area contributed by atoms with Crippen LogP contribution in [-0.2, 0) is 16.0 Å². The van der Waals surface area contributed by atoms with Crippen LogP contribution in [0.25, 0.3) is 0 Å². The zero-order chi connectivity index (χ0) is 36.1. The molecule has 5 aromatic rings. The molecule has 6 rings (SSSR count). The highest BCUT2D eigenvalue weighted by Gasteiger charge is 2.31. The molecular formula is C42H42N4O6. The third-order valence-electron chi connectivity index (χ3n) is 8.85. The van der Waals surface area contributed by atoms with Gasteiger partial charge in [0.1, 0.15) is 23.0 Å². The molecule has 1 aliphatic rings. The van der Waals surface area contributed by atoms with E-state index in [-0.39, 0.29) is 42.6 Å². The van der Waals surface area contributed by atoms with Crippen LogP contribution in [0.15, 0.2) is 133 Å². The van der Waals surface area contributed by atoms with Crippen LogP contribution in [-0.4, -0.2) is 59.5 Å². The number of carbonyl (C=O) groups excluding carboxylic acids is 2. The van der Waals surface area contributed by atoms with E-state index in [0.717, 1.165) is 31.4 Å². The molecule has 0 spiro atoms. The largest absolute Gasteiger partial charge is 0.478 e. The van der Waals surface area contributed by atoms with Crippen LogP contribution < -0.4 is 25.4 Å². The van der Waals surface area contributed by atoms with E-state index in [1.807, 2.05) is 77.7 Å². The van der Waals surface area contributed by atoms with Crippen LogP contribution in [0.2, 0.25) is 0 Å². The SMILES string of the molecule is O=C(CN(CC(=O)Nc1ccc(Oc2ccccc2)cc1)C1CCCCNC1Cc1ccc(C(=O)O)cc1)Nc1ccc(Oc2ccccc2)cc1. The van der Waals surface area contributed by atoms with Crippen LogP contribution in [0.3, 0.4) is 0 Å². The molecule has 1 aliphatic heterocycles. The molecule has 2 unspecified atom stereocenters. The summed E-state index contributed by atoms with van der Waals surface area (Å²) in [5.41, 5.74) is 2.42. The van der Waals surface area contributed by atoms with Gasteiger partial charge in [-0.1, -0.05) is 55.0 Å². The molecule has 0 radical (unpaired) electrons. The number of rotatable bonds is 14. The van der Waals surface area contributed by atoms with E-state index in [2.05, 4.69) is 16.0 Å². The number of carbonyl (C=O) groups is 3. The topological polar surface area (TPSA) is 129 Å². The van der Waals surface area contributed by atoms with Gasteiger partial charge in [-0.05, 0) is 116 Å². The molecule has 0 saturated carbocycles. The number of carboxylic acid groups (broad SMARTS) is 1. The van der Waals surface area contributed by atoms with Gasteiger partial charge >= 0.3 is 5.97 Å². The first-order chi connectivity index (χ1) is 25.4. The Morgan fingerprint density at radius 2 is 1.12 bits per heavy atom. The zero-order valence-electron chi connectivity index (χ0n) is 28.7. The Hall–Kier alpha value is -5.97. The average Bonchev–Trinajstić information content (AvgIpc) is 3.39. The molecule has 0 aliphatic carbocycles. The summed E-state index contributed by atoms with van der Waals surface area (Å²) in [6.45, 7) is 0.774. The van der Waals surface area contributed by atoms with Crippen molar-refractivity contribution in [2.45, 2.75) is 37.8 Å². The molecule has 52 heavy (non-hydrogen) atoms. The van der Waals surface area contributed by atoms with Gasteiger partial charge in [0.05, 0.1) is 18.7 Å². The predicted molar refractivity (Wildman–Crippen MR) is 201 cm³/mol. The van der Waals surface area contributed by atoms with Gasteiger partial charge in [0.25, 0.3) is 0 Å². The zero-order valence-corrected chi connectivity index (χ0v) is 28.7. The highest BCUT2D eigenvalue weighted by molar-refractivity contribution is 5.95. The minimum absolute atomic E-state index is 0.0136. The normalized spacial score (nSPS) is 15.6. The van der Waals surface area contributed by atoms with Gasteiger partial charge < -0.3 is 30.5 Å². The maximum Gasteiger partial charge on any atom is 0.335 e. The van der Waals surface area contributed by atoms with Crippen molar-refractivity contribution in [3.8, 4) is 23.0 Å². The van der Waals surface area contributed by atoms with Crippen LogP contribution in [0.1, 0.15) is 35.2 Å². The summed E-state index contributed by atoms with van der Waals surface area (Å²) in [4.78, 5) is 40.6. The van der Waals surface area contributed by atoms with E-state index in [4.69, 9.17) is 9.47 Å². The first-order valence-electron chi connectivity index (χ1n) is 17.4. The summed E-state index contributed by atoms with van der Waals surface area (Å²) in [5.74, 6) is 1.25. The molecule has 4 N–H and O–H groups in total. The summed E-state index contributed by atoms with van der Waals surface area (Å²) in [5, 5.41) is 19.0. The van der Waals surface area contributed by atoms with Crippen molar-refractivity contribution < 1.29 is 29.0 Å². The molecule has 1 saturated heterocycles. The maximum atomic E-state index is 13.6. The van der Waals surface area contributed by atoms with Crippen molar-refractivity contribution in [1.82, 2.24) is 10.2 Å². The molecule has 1 heterocycles. The van der Waals surface area contributed by atoms with Crippen molar-refractivity contribution in [1.29, 1.82) is 0 Å². The number of nitrogens with zero attached hydrogens (tertiary/aromatic N) is 1. The van der Waals surface area contributed by atoms with Gasteiger partial charge in [-0.15, -0.1) is 0 Å². The van der Waals surface area contributed by atoms with E-state index in [1.54, 1.807) is 60.7 Å². The number of aromatic carboxylic acids is 1. The summed E-state index contributed by atoms with van der Waals surface area (Å²) in [6, 6.07) is 39.9. The Morgan fingerprint density at radius 3 is 1.60 bits per heavy atom. The smallest absolute Gasteiger partial charge is 0.335 e. The molecule has 0 bridgehead atoms. The number of hydrogen-bond acceptors (Lipinski definition) is 7. The van der Waals surface area contributed by atoms with E-state index >= 15 is 0 Å². The second-order valence-corrected chi connectivity index (χ2v) is 12.7. The number of anilines is 2. The number of nitrogens with one attached hydrogen (secondary N) is 3. The third kappa shape index (κ3) is 10.5. The van der Waals surface area contributed by atoms with Gasteiger partial charge in [-0.2, -0.15) is 0 Å². The predicted octanol–water partition coefficient (Wildman–Crippen LogP) is 7.60. The molecule has 5 aromatic carbocycles. The second-order valence-electron chi connectivity index (χ2n) is 12.7. The van der Waals surface area contributed by atoms with E-state index in [9.17, 15) is 19.5 Å². The van der Waals surface area contributed by atoms with E-state index in [0.29, 0.717) is 40.8 Å². The number of amides is 2.